The molecule has 0 saturated heterocycles. The van der Waals surface area contributed by atoms with Crippen LogP contribution in [-0.2, 0) is 101 Å². The number of nitrogens with zero attached hydrogens (tertiary/aromatic N) is 14. The number of rotatable bonds is 9. The first-order valence-corrected chi connectivity index (χ1v) is 27.4. The number of imidazole rings is 2. The predicted octanol–water partition coefficient (Wildman–Crippen LogP) is 14.8. The van der Waals surface area contributed by atoms with E-state index in [1.165, 1.54) is 5.56 Å². The molecule has 0 saturated carbocycles. The van der Waals surface area contributed by atoms with E-state index in [9.17, 15) is 5.26 Å². The van der Waals surface area contributed by atoms with Gasteiger partial charge in [-0.15, -0.1) is 174 Å². The maximum atomic E-state index is 9.22. The molecule has 0 bridgehead atoms. The normalized spacial score (nSPS) is 9.72. The van der Waals surface area contributed by atoms with Crippen LogP contribution in [0.2, 0.25) is 0 Å². The second-order valence-corrected chi connectivity index (χ2v) is 19.3. The van der Waals surface area contributed by atoms with Crippen LogP contribution < -0.4 is 0 Å². The van der Waals surface area contributed by atoms with Gasteiger partial charge in [-0.1, -0.05) is 63.4 Å². The van der Waals surface area contributed by atoms with Gasteiger partial charge in [-0.3, -0.25) is 19.5 Å². The van der Waals surface area contributed by atoms with E-state index in [4.69, 9.17) is 28.5 Å². The molecule has 14 aromatic rings. The van der Waals surface area contributed by atoms with Crippen LogP contribution in [0.4, 0.5) is 0 Å². The second kappa shape index (κ2) is 37.3. The Bertz CT molecular complexity index is 4620. The minimum Gasteiger partial charge on any atom is -0.439 e. The van der Waals surface area contributed by atoms with Crippen LogP contribution in [0.5, 0.6) is 0 Å². The van der Waals surface area contributed by atoms with Crippen molar-refractivity contribution in [3.63, 3.8) is 0 Å². The number of benzene rings is 7. The monoisotopic (exact) mass is 2130 g/mol. The van der Waals surface area contributed by atoms with Crippen LogP contribution in [0.15, 0.2) is 225 Å². The summed E-state index contributed by atoms with van der Waals surface area (Å²) in [5.74, 6) is 3.37. The van der Waals surface area contributed by atoms with E-state index in [2.05, 4.69) is 115 Å². The molecule has 0 spiro atoms. The summed E-state index contributed by atoms with van der Waals surface area (Å²) in [5.41, 5.74) is 14.4. The van der Waals surface area contributed by atoms with Gasteiger partial charge in [0.2, 0.25) is 11.7 Å². The molecule has 7 aromatic carbocycles. The van der Waals surface area contributed by atoms with Crippen molar-refractivity contribution in [2.45, 2.75) is 34.6 Å². The SMILES string of the molecule is Cc1cc(C)c(-n2cc(C#N)nc2-c2[c-]cccc2)c(C)c1.Cc1cccc(C)c1-c1oc(C#N)nc1-c1[c-]cccc1.N#Cc1noc(-c2[c-]cccc2)n1.[Ir].[Ir].[Ir].[Ir].[Ir].[c-]1ccccc1-c1cc(-n2ccnc2)on1.[c-]1ccccc1-c1nc(-c2ccccn2)no1. The fourth-order valence-electron chi connectivity index (χ4n) is 9.13. The molecule has 23 heteroatoms. The fourth-order valence-corrected chi connectivity index (χ4v) is 9.13. The molecule has 7 heterocycles. The summed E-state index contributed by atoms with van der Waals surface area (Å²) in [6.45, 7) is 10.3. The summed E-state index contributed by atoms with van der Waals surface area (Å²) < 4.78 is 24.6. The molecule has 0 unspecified atom stereocenters. The van der Waals surface area contributed by atoms with Crippen LogP contribution in [-0.4, -0.2) is 54.5 Å². The minimum atomic E-state index is 0. The quantitative estimate of drug-likeness (QED) is 0.122. The minimum absolute atomic E-state index is 0. The third-order valence-electron chi connectivity index (χ3n) is 13.0. The van der Waals surface area contributed by atoms with Gasteiger partial charge in [0.05, 0.1) is 5.82 Å². The van der Waals surface area contributed by atoms with Crippen LogP contribution in [0.1, 0.15) is 45.2 Å². The molecule has 94 heavy (non-hydrogen) atoms. The Morgan fingerprint density at radius 1 is 0.479 bits per heavy atom. The van der Waals surface area contributed by atoms with Crippen LogP contribution in [0.3, 0.4) is 0 Å². The van der Waals surface area contributed by atoms with E-state index in [1.54, 1.807) is 60.0 Å². The van der Waals surface area contributed by atoms with Crippen molar-refractivity contribution in [3.05, 3.63) is 283 Å². The molecule has 477 valence electrons. The summed E-state index contributed by atoms with van der Waals surface area (Å²) in [4.78, 5) is 25.0. The molecule has 18 nitrogen and oxygen atoms in total. The Morgan fingerprint density at radius 3 is 1.56 bits per heavy atom. The smallest absolute Gasteiger partial charge is 0.291 e. The van der Waals surface area contributed by atoms with Gasteiger partial charge in [0.15, 0.2) is 17.9 Å². The zero-order valence-electron chi connectivity index (χ0n) is 50.2. The van der Waals surface area contributed by atoms with Gasteiger partial charge in [-0.05, 0) is 75.1 Å². The van der Waals surface area contributed by atoms with Crippen LogP contribution in [0, 0.1) is 98.9 Å². The van der Waals surface area contributed by atoms with E-state index < -0.39 is 0 Å². The number of hydrogen-bond donors (Lipinski definition) is 0. The van der Waals surface area contributed by atoms with Gasteiger partial charge in [0.1, 0.15) is 35.6 Å². The average molecular weight is 2120 g/mol. The van der Waals surface area contributed by atoms with Gasteiger partial charge in [-0.25, -0.2) is 15.0 Å². The molecule has 0 aliphatic rings. The summed E-state index contributed by atoms with van der Waals surface area (Å²) in [6.07, 6.45) is 8.65. The Balaban J connectivity index is 0.000000212. The Kier molecular flexibility index (Phi) is 29.8. The summed E-state index contributed by atoms with van der Waals surface area (Å²) >= 11 is 0. The first kappa shape index (κ1) is 75.2. The molecule has 0 aliphatic carbocycles. The number of hydrogen-bond acceptors (Lipinski definition) is 16. The fraction of sp³-hybridized carbons (Fsp3) is 0.0704. The Morgan fingerprint density at radius 2 is 1.04 bits per heavy atom. The number of oxazole rings is 1. The Hall–Kier alpha value is -9.47. The first-order chi connectivity index (χ1) is 43.6. The van der Waals surface area contributed by atoms with E-state index in [-0.39, 0.29) is 112 Å². The third-order valence-corrected chi connectivity index (χ3v) is 13.0. The molecular weight excluding hydrogens is 2070 g/mol. The zero-order valence-corrected chi connectivity index (χ0v) is 62.2. The van der Waals surface area contributed by atoms with Gasteiger partial charge in [0.25, 0.3) is 11.7 Å². The van der Waals surface area contributed by atoms with Crippen molar-refractivity contribution in [1.82, 2.24) is 54.5 Å². The molecular formula is C71H49Ir5N14O4-5. The van der Waals surface area contributed by atoms with Crippen molar-refractivity contribution in [3.8, 4) is 109 Å². The van der Waals surface area contributed by atoms with E-state index in [0.29, 0.717) is 51.9 Å². The number of aromatic nitrogens is 11. The van der Waals surface area contributed by atoms with Crippen molar-refractivity contribution >= 4 is 0 Å². The molecule has 0 fully saturated rings. The molecule has 7 aromatic heterocycles. The van der Waals surface area contributed by atoms with Crippen molar-refractivity contribution in [1.29, 1.82) is 15.8 Å². The number of pyridine rings is 1. The second-order valence-electron chi connectivity index (χ2n) is 19.3. The third kappa shape index (κ3) is 19.3. The van der Waals surface area contributed by atoms with Gasteiger partial charge >= 0.3 is 0 Å². The number of nitriles is 3. The summed E-state index contributed by atoms with van der Waals surface area (Å²) in [5, 5.41) is 38.1. The van der Waals surface area contributed by atoms with Crippen LogP contribution in [0.25, 0.3) is 91.2 Å². The average Bonchev–Trinajstić information content (AvgIpc) is 1.59. The summed E-state index contributed by atoms with van der Waals surface area (Å²) in [7, 11) is 0. The molecule has 14 rings (SSSR count). The largest absolute Gasteiger partial charge is 0.439 e. The van der Waals surface area contributed by atoms with Crippen LogP contribution >= 0.6 is 0 Å². The van der Waals surface area contributed by atoms with Gasteiger partial charge in [0, 0.05) is 148 Å². The topological polar surface area (TPSA) is 250 Å². The number of aryl methyl sites for hydroxylation is 5. The predicted molar refractivity (Wildman–Crippen MR) is 330 cm³/mol. The maximum absolute atomic E-state index is 9.22. The summed E-state index contributed by atoms with van der Waals surface area (Å²) in [6, 6.07) is 76.6. The molecule has 0 aliphatic heterocycles. The van der Waals surface area contributed by atoms with E-state index >= 15 is 0 Å². The molecule has 0 amide bonds. The molecule has 5 radical (unpaired) electrons. The van der Waals surface area contributed by atoms with E-state index in [0.717, 1.165) is 67.3 Å². The van der Waals surface area contributed by atoms with Crippen molar-refractivity contribution in [2.24, 2.45) is 0 Å². The van der Waals surface area contributed by atoms with Crippen molar-refractivity contribution < 1.29 is 119 Å². The van der Waals surface area contributed by atoms with Crippen molar-refractivity contribution in [2.75, 3.05) is 0 Å². The zero-order chi connectivity index (χ0) is 61.9. The maximum Gasteiger partial charge on any atom is 0.291 e. The first-order valence-electron chi connectivity index (χ1n) is 27.4. The molecule has 0 atom stereocenters. The van der Waals surface area contributed by atoms with E-state index in [1.807, 2.05) is 170 Å². The Labute approximate surface area is 610 Å². The van der Waals surface area contributed by atoms with Gasteiger partial charge in [-0.2, -0.15) is 15.8 Å². The van der Waals surface area contributed by atoms with Gasteiger partial charge < -0.3 is 22.6 Å². The molecule has 0 N–H and O–H groups in total. The standard InChI is InChI=1S/C19H16N3.C18H13N2O.C13H8N3O.C12H8N3O.C9H4N3O.5Ir/c1-13-9-14(2)18(15(3)10-13)22-12-17(11-20)21-19(22)16-7-5-4-6-8-16;1-12-7-6-8-13(2)16(12)18-17(20-15(11-19)21-18)14-9-4-3-5-10-14;1-2-6-10(7-3-1)13-15-12(16-17-13)11-8-4-5-9-14-11;1-2-4-10(5-3-1)11-8-12(16-14-11)15-7-6-13-9-15;10-6-8-11-9(13-12-8)7-4-2-1-3-5-7;;;;;/h4-7,9-10,12H,1-3H3;3-9H,1-2H3;1-6,8-9H;1-4,6-9H;1-4H;;;;;/q5*-1;;;;;.